The number of hydrogen-bond acceptors (Lipinski definition) is 30. The normalized spacial score (nSPS) is 27.3. The van der Waals surface area contributed by atoms with E-state index in [0.717, 1.165) is 53.0 Å². The summed E-state index contributed by atoms with van der Waals surface area (Å²) in [5.41, 5.74) is 21.2. The molecule has 35 heteroatoms. The van der Waals surface area contributed by atoms with Gasteiger partial charge in [-0.2, -0.15) is 10.1 Å². The quantitative estimate of drug-likeness (QED) is 0.0156. The zero-order chi connectivity index (χ0) is 91.9. The standard InChI is InChI=1S/C95H124N18O16S/c1-58-14-10-9-11-15-59(2)80(123-7)48-72-23-17-63(6)95(122,129-72)85(118)89(120)112-29-13-12-16-74(112)90(121)126-71(47-75(114)61(4)43-62(5)77(116)49-76(115)60(3)42-58)24-19-64-20-25-79(81(45-64)124-8)128-94(130)102-52-66-50-98-92(99-51-66)110-37-35-108(36-38-110)82(117)28-40-125-41-39-107-31-33-109(34-32-107)93-100-53-70(54-101-93)88(119)111-30-27-67-44-65(18-21-69(67)56-111)55-113-87-83(86(96)103-57-104-87)84(106-113)68-22-26-78-73(46-68)105-91(97)127-78/h9-11,14-15,18,21-22,26,43-44,46,50-51,53-54,57-58,60-61,63-64,71-72,74,77,79-81,116,122H,12-13,16-17,19-20,23-25,27-42,45,47-49,52,55-56H2,1-8H3,(H2,97,105)(H,102,130)(H2,96,103,104)/b11-9+,14-10+,59-15+,62-43+/t58-,60-,61-,63-,64-,71-,72?,74+,77+,79-,80+,81-,95-/m1/s1. The van der Waals surface area contributed by atoms with E-state index in [2.05, 4.69) is 73.1 Å². The summed E-state index contributed by atoms with van der Waals surface area (Å²) in [6.45, 7) is 19.4. The first-order valence-corrected chi connectivity index (χ1v) is 46.2. The number of fused-ring (bicyclic) bond motifs is 6. The largest absolute Gasteiger partial charge is 0.465 e. The van der Waals surface area contributed by atoms with Crippen LogP contribution >= 0.6 is 12.2 Å². The Morgan fingerprint density at radius 3 is 2.23 bits per heavy atom. The molecule has 11 heterocycles. The lowest BCUT2D eigenvalue weighted by molar-refractivity contribution is -0.265. The Hall–Kier alpha value is -10.9. The number of piperazine rings is 2. The number of nitrogens with one attached hydrogen (secondary N) is 1. The molecule has 7 aliphatic rings. The zero-order valence-electron chi connectivity index (χ0n) is 75.8. The number of benzene rings is 2. The molecule has 2 bridgehead atoms. The number of Topliss-reactive ketones (excluding diaryl/α,β-unsaturated/α-hetero) is 3. The predicted octanol–water partition coefficient (Wildman–Crippen LogP) is 9.23. The molecule has 1 unspecified atom stereocenters. The number of hydrogen-bond donors (Lipinski definition) is 5. The summed E-state index contributed by atoms with van der Waals surface area (Å²) >= 11 is 5.73. The Labute approximate surface area is 763 Å². The number of nitrogens with zero attached hydrogens (tertiary/aromatic N) is 15. The van der Waals surface area contributed by atoms with Crippen LogP contribution < -0.4 is 26.6 Å². The number of piperidine rings is 1. The van der Waals surface area contributed by atoms with Gasteiger partial charge in [0.2, 0.25) is 23.6 Å². The third-order valence-electron chi connectivity index (χ3n) is 26.7. The average Bonchev–Trinajstić information content (AvgIpc) is 1.43. The summed E-state index contributed by atoms with van der Waals surface area (Å²) in [6, 6.07) is 10.7. The minimum atomic E-state index is -2.47. The maximum atomic E-state index is 14.7. The highest BCUT2D eigenvalue weighted by atomic mass is 32.1. The van der Waals surface area contributed by atoms with Crippen LogP contribution in [0.3, 0.4) is 0 Å². The van der Waals surface area contributed by atoms with Crippen molar-refractivity contribution in [3.63, 3.8) is 0 Å². The van der Waals surface area contributed by atoms with Crippen molar-refractivity contribution in [3.8, 4) is 11.3 Å². The fourth-order valence-corrected chi connectivity index (χ4v) is 18.9. The number of ketones is 3. The van der Waals surface area contributed by atoms with Crippen LogP contribution in [0.15, 0.2) is 120 Å². The van der Waals surface area contributed by atoms with Crippen LogP contribution in [0.5, 0.6) is 0 Å². The number of allylic oxidation sites excluding steroid dienone is 6. The van der Waals surface area contributed by atoms with Crippen molar-refractivity contribution in [2.75, 3.05) is 121 Å². The minimum absolute atomic E-state index is 0.0343. The average molecular weight is 1810 g/mol. The number of carbonyl (C=O) groups is 7. The molecule has 4 saturated heterocycles. The van der Waals surface area contributed by atoms with Crippen LogP contribution in [0.25, 0.3) is 33.4 Å². The molecule has 1 aliphatic carbocycles. The van der Waals surface area contributed by atoms with E-state index in [9.17, 15) is 43.8 Å². The molecule has 7 aromatic rings. The lowest BCUT2D eigenvalue weighted by Gasteiger charge is -2.42. The first-order chi connectivity index (χ1) is 62.6. The van der Waals surface area contributed by atoms with Gasteiger partial charge in [0.1, 0.15) is 53.2 Å². The van der Waals surface area contributed by atoms with Crippen molar-refractivity contribution >= 4 is 104 Å². The molecule has 1 saturated carbocycles. The number of ether oxygens (including phenoxy) is 6. The minimum Gasteiger partial charge on any atom is -0.465 e. The zero-order valence-corrected chi connectivity index (χ0v) is 76.6. The number of esters is 1. The van der Waals surface area contributed by atoms with Gasteiger partial charge in [-0.05, 0) is 161 Å². The summed E-state index contributed by atoms with van der Waals surface area (Å²) in [5, 5.41) is 32.4. The highest BCUT2D eigenvalue weighted by Gasteiger charge is 2.53. The van der Waals surface area contributed by atoms with Gasteiger partial charge < -0.3 is 84.3 Å². The van der Waals surface area contributed by atoms with Crippen LogP contribution in [-0.4, -0.2) is 269 Å². The van der Waals surface area contributed by atoms with E-state index in [1.54, 1.807) is 71.9 Å². The Balaban J connectivity index is 0.489. The molecule has 14 rings (SSSR count). The summed E-state index contributed by atoms with van der Waals surface area (Å²) in [5.74, 6) is -6.10. The van der Waals surface area contributed by atoms with Gasteiger partial charge in [0.25, 0.3) is 28.8 Å². The van der Waals surface area contributed by atoms with E-state index in [1.165, 1.54) is 11.2 Å². The van der Waals surface area contributed by atoms with E-state index in [4.69, 9.17) is 61.6 Å². The molecule has 130 heavy (non-hydrogen) atoms. The second kappa shape index (κ2) is 43.9. The molecular weight excluding hydrogens is 1680 g/mol. The maximum absolute atomic E-state index is 14.7. The number of thiocarbonyl (C=S) groups is 1. The maximum Gasteiger partial charge on any atom is 0.329 e. The van der Waals surface area contributed by atoms with E-state index < -0.39 is 65.7 Å². The second-order valence-electron chi connectivity index (χ2n) is 36.0. The van der Waals surface area contributed by atoms with Gasteiger partial charge in [0, 0.05) is 172 Å². The van der Waals surface area contributed by atoms with Crippen LogP contribution in [0.2, 0.25) is 0 Å². The Morgan fingerprint density at radius 2 is 1.48 bits per heavy atom. The van der Waals surface area contributed by atoms with Crippen LogP contribution in [0.1, 0.15) is 170 Å². The van der Waals surface area contributed by atoms with Crippen molar-refractivity contribution in [1.29, 1.82) is 0 Å². The van der Waals surface area contributed by atoms with Gasteiger partial charge >= 0.3 is 5.97 Å². The third-order valence-corrected chi connectivity index (χ3v) is 27.0. The van der Waals surface area contributed by atoms with Gasteiger partial charge in [0.05, 0.1) is 61.5 Å². The molecule has 7 N–H and O–H groups in total. The Bertz CT molecular complexity index is 5300. The second-order valence-corrected chi connectivity index (χ2v) is 36.3. The molecule has 6 aliphatic heterocycles. The number of methoxy groups -OCH3 is 2. The predicted molar refractivity (Wildman–Crippen MR) is 491 cm³/mol. The SMILES string of the molecule is CO[C@H]1CC2CC[C@@H](C)[C@@](O)(O2)C(=O)C(=O)N2CCCC[C@H]2C(=O)O[C@H](CC[C@@H]2CC[C@@H](OC(=S)NCc3cnc(N4CCN(C(=O)CCOCCN5CCN(c6ncc(C(=O)N7CCc8cc(Cn9nc(-c%10ccc%11oc(N)nc%11c%10)c%10c(N)ncnc%109)ccc8C7)cn6)CC5)CC4)nc3)[C@H](OC)C2)CC(=O)[C@H](C)/C=C(\C)[C@@H](O)CC(=O)[C@H](C)C[C@H](C)/C=C/C=C/C=C/1C. The van der Waals surface area contributed by atoms with E-state index in [1.807, 2.05) is 77.8 Å². The number of amides is 3. The van der Waals surface area contributed by atoms with Gasteiger partial charge in [-0.25, -0.2) is 39.4 Å². The first-order valence-electron chi connectivity index (χ1n) is 45.8. The van der Waals surface area contributed by atoms with Crippen LogP contribution in [-0.2, 0) is 83.2 Å². The van der Waals surface area contributed by atoms with Crippen LogP contribution in [0.4, 0.5) is 23.7 Å². The molecule has 3 amide bonds. The number of nitrogens with two attached hydrogens (primary N) is 2. The number of aliphatic hydroxyl groups is 2. The lowest BCUT2D eigenvalue weighted by atomic mass is 9.81. The number of nitrogen functional groups attached to an aromatic ring is 2. The molecule has 5 aromatic heterocycles. The van der Waals surface area contributed by atoms with E-state index >= 15 is 0 Å². The van der Waals surface area contributed by atoms with Gasteiger partial charge in [-0.15, -0.1) is 0 Å². The van der Waals surface area contributed by atoms with Crippen molar-refractivity contribution in [2.24, 2.45) is 29.6 Å². The number of anilines is 4. The van der Waals surface area contributed by atoms with Crippen molar-refractivity contribution in [3.05, 3.63) is 143 Å². The fourth-order valence-electron chi connectivity index (χ4n) is 18.7. The monoisotopic (exact) mass is 1800 g/mol. The Kier molecular flexibility index (Phi) is 32.1. The molecular formula is C95H124N18O16S. The van der Waals surface area contributed by atoms with Gasteiger partial charge in [-0.1, -0.05) is 82.4 Å². The number of carbonyl (C=O) groups excluding carboxylic acids is 7. The molecule has 2 aromatic carbocycles. The number of cyclic esters (lactones) is 1. The molecule has 0 radical (unpaired) electrons. The van der Waals surface area contributed by atoms with E-state index in [0.29, 0.717) is 206 Å². The Morgan fingerprint density at radius 1 is 0.723 bits per heavy atom. The number of rotatable bonds is 20. The summed E-state index contributed by atoms with van der Waals surface area (Å²) < 4.78 is 44.1. The van der Waals surface area contributed by atoms with Crippen LogP contribution in [0, 0.1) is 29.6 Å². The third kappa shape index (κ3) is 23.7. The van der Waals surface area contributed by atoms with Crippen molar-refractivity contribution in [2.45, 2.75) is 212 Å². The molecule has 13 atom stereocenters. The summed E-state index contributed by atoms with van der Waals surface area (Å²) in [4.78, 5) is 142. The van der Waals surface area contributed by atoms with Gasteiger partial charge in [0.15, 0.2) is 11.2 Å². The number of oxazole rings is 1. The molecule has 696 valence electrons. The molecule has 34 nitrogen and oxygen atoms in total. The fraction of sp³-hybridized carbons (Fsp3) is 0.558. The van der Waals surface area contributed by atoms with Gasteiger partial charge in [-0.3, -0.25) is 33.7 Å². The lowest BCUT2D eigenvalue weighted by Crippen LogP contribution is -2.60. The number of aliphatic hydroxyl groups excluding tert-OH is 1. The highest BCUT2D eigenvalue weighted by Crippen LogP contribution is 2.40. The smallest absolute Gasteiger partial charge is 0.329 e. The number of aromatic nitrogens is 9. The summed E-state index contributed by atoms with van der Waals surface area (Å²) in [6.07, 6.45) is 21.9. The van der Waals surface area contributed by atoms with E-state index in [-0.39, 0.29) is 103 Å². The molecule has 0 spiro atoms. The topological polar surface area (TPSA) is 420 Å². The molecule has 5 fully saturated rings. The van der Waals surface area contributed by atoms with Crippen molar-refractivity contribution < 1.29 is 76.6 Å². The first kappa shape index (κ1) is 95.2. The summed E-state index contributed by atoms with van der Waals surface area (Å²) in [7, 11) is 3.20. The van der Waals surface area contributed by atoms with Crippen molar-refractivity contribution in [1.82, 2.24) is 69.6 Å². The highest BCUT2D eigenvalue weighted by molar-refractivity contribution is 7.80.